The number of nitro benzene ring substituents is 1. The van der Waals surface area contributed by atoms with E-state index in [0.29, 0.717) is 49.3 Å². The summed E-state index contributed by atoms with van der Waals surface area (Å²) >= 11 is 0. The molecule has 2 aromatic carbocycles. The zero-order valence-electron chi connectivity index (χ0n) is 17.3. The fourth-order valence-electron chi connectivity index (χ4n) is 3.66. The molecule has 1 fully saturated rings. The van der Waals surface area contributed by atoms with E-state index in [2.05, 4.69) is 5.32 Å². The van der Waals surface area contributed by atoms with Crippen LogP contribution in [0.25, 0.3) is 0 Å². The van der Waals surface area contributed by atoms with Gasteiger partial charge in [-0.1, -0.05) is 0 Å². The summed E-state index contributed by atoms with van der Waals surface area (Å²) in [6.45, 7) is 2.61. The van der Waals surface area contributed by atoms with Gasteiger partial charge in [-0.25, -0.2) is 12.8 Å². The van der Waals surface area contributed by atoms with Crippen molar-refractivity contribution >= 4 is 26.9 Å². The number of hydrogen-bond donors (Lipinski definition) is 2. The highest BCUT2D eigenvalue weighted by atomic mass is 32.2. The summed E-state index contributed by atoms with van der Waals surface area (Å²) in [5.74, 6) is -0.555. The van der Waals surface area contributed by atoms with E-state index in [1.807, 2.05) is 4.90 Å². The third kappa shape index (κ3) is 5.19. The average Bonchev–Trinajstić information content (AvgIpc) is 2.73. The Kier molecular flexibility index (Phi) is 6.84. The number of aliphatic hydroxyl groups excluding tert-OH is 1. The number of alkyl halides is 3. The van der Waals surface area contributed by atoms with Crippen LogP contribution in [0.15, 0.2) is 41.3 Å². The molecule has 180 valence electrons. The fraction of sp³-hybridized carbons (Fsp3) is 0.400. The van der Waals surface area contributed by atoms with Crippen molar-refractivity contribution < 1.29 is 36.0 Å². The number of hydrogen-bond acceptors (Lipinski definition) is 7. The molecule has 0 spiro atoms. The number of piperidine rings is 1. The van der Waals surface area contributed by atoms with Gasteiger partial charge >= 0.3 is 5.51 Å². The monoisotopic (exact) mass is 491 g/mol. The second-order valence-electron chi connectivity index (χ2n) is 7.67. The van der Waals surface area contributed by atoms with E-state index in [0.717, 1.165) is 6.07 Å². The summed E-state index contributed by atoms with van der Waals surface area (Å²) in [4.78, 5) is 11.2. The minimum atomic E-state index is -5.77. The van der Waals surface area contributed by atoms with Gasteiger partial charge in [-0.05, 0) is 50.1 Å². The van der Waals surface area contributed by atoms with Crippen LogP contribution < -0.4 is 10.2 Å². The predicted molar refractivity (Wildman–Crippen MR) is 112 cm³/mol. The number of nitro groups is 1. The van der Waals surface area contributed by atoms with Crippen LogP contribution in [-0.2, 0) is 9.84 Å². The van der Waals surface area contributed by atoms with Crippen LogP contribution in [0.5, 0.6) is 0 Å². The average molecular weight is 491 g/mol. The Labute approximate surface area is 186 Å². The predicted octanol–water partition coefficient (Wildman–Crippen LogP) is 4.16. The molecule has 1 atom stereocenters. The third-order valence-corrected chi connectivity index (χ3v) is 6.90. The number of benzene rings is 2. The molecular formula is C20H21F4N3O5S. The number of rotatable bonds is 6. The molecule has 0 radical (unpaired) electrons. The topological polar surface area (TPSA) is 113 Å². The standard InChI is InChI=1S/C20H21F4N3O5S/c1-12(16-10-13(21)2-5-18(16)26-8-6-14(28)7-9-26)25-17-4-3-15(11-19(17)27(29)30)33(31,32)20(22,23)24/h2-5,10-12,14,25,28H,6-9H2,1H3. The fourth-order valence-corrected chi connectivity index (χ4v) is 4.44. The summed E-state index contributed by atoms with van der Waals surface area (Å²) in [5.41, 5.74) is -5.62. The minimum absolute atomic E-state index is 0.224. The smallest absolute Gasteiger partial charge is 0.393 e. The maximum Gasteiger partial charge on any atom is 0.501 e. The zero-order valence-corrected chi connectivity index (χ0v) is 18.2. The van der Waals surface area contributed by atoms with E-state index in [-0.39, 0.29) is 5.69 Å². The summed E-state index contributed by atoms with van der Waals surface area (Å²) < 4.78 is 75.8. The Morgan fingerprint density at radius 3 is 2.39 bits per heavy atom. The van der Waals surface area contributed by atoms with Crippen LogP contribution in [0.2, 0.25) is 0 Å². The summed E-state index contributed by atoms with van der Waals surface area (Å²) in [7, 11) is -5.77. The van der Waals surface area contributed by atoms with Crippen LogP contribution in [0.3, 0.4) is 0 Å². The maximum absolute atomic E-state index is 14.0. The van der Waals surface area contributed by atoms with Crippen LogP contribution >= 0.6 is 0 Å². The second-order valence-corrected chi connectivity index (χ2v) is 9.61. The van der Waals surface area contributed by atoms with Crippen LogP contribution in [0, 0.1) is 15.9 Å². The number of anilines is 2. The summed E-state index contributed by atoms with van der Waals surface area (Å²) in [5, 5.41) is 24.0. The van der Waals surface area contributed by atoms with Gasteiger partial charge in [0.25, 0.3) is 15.5 Å². The Morgan fingerprint density at radius 2 is 1.82 bits per heavy atom. The lowest BCUT2D eigenvalue weighted by molar-refractivity contribution is -0.384. The van der Waals surface area contributed by atoms with Gasteiger partial charge in [0.1, 0.15) is 11.5 Å². The number of nitrogens with one attached hydrogen (secondary N) is 1. The lowest BCUT2D eigenvalue weighted by atomic mass is 10.0. The van der Waals surface area contributed by atoms with Crippen molar-refractivity contribution in [3.8, 4) is 0 Å². The number of nitrogens with zero attached hydrogens (tertiary/aromatic N) is 2. The molecule has 3 rings (SSSR count). The molecule has 0 saturated carbocycles. The lowest BCUT2D eigenvalue weighted by Gasteiger charge is -2.34. The highest BCUT2D eigenvalue weighted by Gasteiger charge is 2.47. The van der Waals surface area contributed by atoms with E-state index in [4.69, 9.17) is 0 Å². The normalized spacial score (nSPS) is 16.5. The van der Waals surface area contributed by atoms with Gasteiger partial charge in [0.15, 0.2) is 0 Å². The molecule has 13 heteroatoms. The van der Waals surface area contributed by atoms with Crippen molar-refractivity contribution in [3.05, 3.63) is 57.9 Å². The Bertz CT molecular complexity index is 1150. The van der Waals surface area contributed by atoms with Crippen LogP contribution in [0.4, 0.5) is 34.6 Å². The van der Waals surface area contributed by atoms with Gasteiger partial charge < -0.3 is 15.3 Å². The van der Waals surface area contributed by atoms with E-state index < -0.39 is 48.8 Å². The maximum atomic E-state index is 14.0. The van der Waals surface area contributed by atoms with Crippen molar-refractivity contribution in [2.24, 2.45) is 0 Å². The first-order valence-electron chi connectivity index (χ1n) is 9.90. The molecule has 1 heterocycles. The van der Waals surface area contributed by atoms with Crippen molar-refractivity contribution in [1.29, 1.82) is 0 Å². The summed E-state index contributed by atoms with van der Waals surface area (Å²) in [6.07, 6.45) is 0.591. The quantitative estimate of drug-likeness (QED) is 0.354. The minimum Gasteiger partial charge on any atom is -0.393 e. The van der Waals surface area contributed by atoms with Crippen molar-refractivity contribution in [3.63, 3.8) is 0 Å². The first-order valence-corrected chi connectivity index (χ1v) is 11.4. The molecule has 8 nitrogen and oxygen atoms in total. The molecule has 0 bridgehead atoms. The second kappa shape index (κ2) is 9.14. The highest BCUT2D eigenvalue weighted by molar-refractivity contribution is 7.92. The molecule has 1 unspecified atom stereocenters. The molecule has 0 aromatic heterocycles. The Balaban J connectivity index is 1.96. The molecule has 2 aromatic rings. The molecule has 1 aliphatic heterocycles. The van der Waals surface area contributed by atoms with Crippen LogP contribution in [0.1, 0.15) is 31.4 Å². The van der Waals surface area contributed by atoms with Crippen molar-refractivity contribution in [2.45, 2.75) is 42.3 Å². The first kappa shape index (κ1) is 24.7. The number of aliphatic hydroxyl groups is 1. The largest absolute Gasteiger partial charge is 0.501 e. The molecule has 0 aliphatic carbocycles. The SMILES string of the molecule is CC(Nc1ccc(S(=O)(=O)C(F)(F)F)cc1[N+](=O)[O-])c1cc(F)ccc1N1CCC(O)CC1. The molecule has 2 N–H and O–H groups in total. The van der Waals surface area contributed by atoms with Crippen molar-refractivity contribution in [1.82, 2.24) is 0 Å². The van der Waals surface area contributed by atoms with Crippen LogP contribution in [-0.4, -0.2) is 43.1 Å². The molecule has 1 aliphatic rings. The van der Waals surface area contributed by atoms with Gasteiger partial charge in [0, 0.05) is 30.4 Å². The van der Waals surface area contributed by atoms with E-state index >= 15 is 0 Å². The van der Waals surface area contributed by atoms with Gasteiger partial charge in [-0.15, -0.1) is 0 Å². The summed E-state index contributed by atoms with van der Waals surface area (Å²) in [6, 6.07) is 5.17. The van der Waals surface area contributed by atoms with Gasteiger partial charge in [-0.2, -0.15) is 13.2 Å². The van der Waals surface area contributed by atoms with Gasteiger partial charge in [-0.3, -0.25) is 10.1 Å². The van der Waals surface area contributed by atoms with E-state index in [9.17, 15) is 41.2 Å². The van der Waals surface area contributed by atoms with Gasteiger partial charge in [0.05, 0.1) is 22.0 Å². The first-order chi connectivity index (χ1) is 15.3. The Hall–Kier alpha value is -2.93. The zero-order chi connectivity index (χ0) is 24.6. The van der Waals surface area contributed by atoms with E-state index in [1.54, 1.807) is 13.0 Å². The highest BCUT2D eigenvalue weighted by Crippen LogP contribution is 2.37. The van der Waals surface area contributed by atoms with E-state index in [1.165, 1.54) is 12.1 Å². The molecule has 33 heavy (non-hydrogen) atoms. The lowest BCUT2D eigenvalue weighted by Crippen LogP contribution is -2.36. The molecule has 0 amide bonds. The molecular weight excluding hydrogens is 470 g/mol. The third-order valence-electron chi connectivity index (χ3n) is 5.41. The number of halogens is 4. The van der Waals surface area contributed by atoms with Gasteiger partial charge in [0.2, 0.25) is 0 Å². The van der Waals surface area contributed by atoms with Crippen molar-refractivity contribution in [2.75, 3.05) is 23.3 Å². The molecule has 1 saturated heterocycles. The Morgan fingerprint density at radius 1 is 1.18 bits per heavy atom. The number of sulfone groups is 1.